The summed E-state index contributed by atoms with van der Waals surface area (Å²) in [5, 5.41) is 3.97. The molecule has 1 aromatic carbocycles. The minimum atomic E-state index is -4.50. The number of hydrogen-bond donors (Lipinski definition) is 2. The molecule has 0 saturated heterocycles. The number of ether oxygens (including phenoxy) is 1. The van der Waals surface area contributed by atoms with Crippen molar-refractivity contribution in [2.75, 3.05) is 13.7 Å². The summed E-state index contributed by atoms with van der Waals surface area (Å²) >= 11 is 0. The Balaban J connectivity index is 2.56. The third kappa shape index (κ3) is 5.13. The molecule has 1 aromatic rings. The lowest BCUT2D eigenvalue weighted by molar-refractivity contribution is -0.137. The SMILES string of the molecule is CNC(=O)NC(=O)COC(=O)c1ccc(C(F)(F)F)cc1. The monoisotopic (exact) mass is 304 g/mol. The second-order valence-corrected chi connectivity index (χ2v) is 3.78. The molecule has 0 saturated carbocycles. The number of urea groups is 1. The number of imide groups is 1. The second kappa shape index (κ2) is 6.73. The first-order valence-electron chi connectivity index (χ1n) is 5.60. The van der Waals surface area contributed by atoms with E-state index in [1.807, 2.05) is 5.32 Å². The minimum Gasteiger partial charge on any atom is -0.452 e. The predicted molar refractivity (Wildman–Crippen MR) is 64.3 cm³/mol. The number of rotatable bonds is 3. The summed E-state index contributed by atoms with van der Waals surface area (Å²) < 4.78 is 41.5. The molecule has 114 valence electrons. The van der Waals surface area contributed by atoms with Gasteiger partial charge in [0.1, 0.15) is 0 Å². The van der Waals surface area contributed by atoms with Gasteiger partial charge in [0.2, 0.25) is 0 Å². The van der Waals surface area contributed by atoms with E-state index in [1.165, 1.54) is 7.05 Å². The van der Waals surface area contributed by atoms with Crippen molar-refractivity contribution in [1.29, 1.82) is 0 Å². The molecule has 6 nitrogen and oxygen atoms in total. The van der Waals surface area contributed by atoms with Crippen LogP contribution in [0.25, 0.3) is 0 Å². The lowest BCUT2D eigenvalue weighted by Crippen LogP contribution is -2.39. The number of hydrogen-bond acceptors (Lipinski definition) is 4. The van der Waals surface area contributed by atoms with Crippen LogP contribution in [0.15, 0.2) is 24.3 Å². The Bertz CT molecular complexity index is 540. The summed E-state index contributed by atoms with van der Waals surface area (Å²) in [5.41, 5.74) is -1.05. The lowest BCUT2D eigenvalue weighted by Gasteiger charge is -2.08. The zero-order valence-corrected chi connectivity index (χ0v) is 10.8. The van der Waals surface area contributed by atoms with Crippen LogP contribution in [0.5, 0.6) is 0 Å². The van der Waals surface area contributed by atoms with E-state index in [9.17, 15) is 27.6 Å². The zero-order chi connectivity index (χ0) is 16.0. The molecule has 0 aliphatic carbocycles. The Morgan fingerprint density at radius 1 is 1.14 bits per heavy atom. The van der Waals surface area contributed by atoms with Crippen molar-refractivity contribution in [3.63, 3.8) is 0 Å². The smallest absolute Gasteiger partial charge is 0.416 e. The van der Waals surface area contributed by atoms with Gasteiger partial charge < -0.3 is 10.1 Å². The molecule has 0 fully saturated rings. The van der Waals surface area contributed by atoms with E-state index in [4.69, 9.17) is 0 Å². The number of esters is 1. The van der Waals surface area contributed by atoms with Crippen molar-refractivity contribution < 1.29 is 32.3 Å². The third-order valence-electron chi connectivity index (χ3n) is 2.26. The second-order valence-electron chi connectivity index (χ2n) is 3.78. The fraction of sp³-hybridized carbons (Fsp3) is 0.250. The highest BCUT2D eigenvalue weighted by Gasteiger charge is 2.30. The number of carbonyl (C=O) groups excluding carboxylic acids is 3. The van der Waals surface area contributed by atoms with E-state index < -0.39 is 36.3 Å². The summed E-state index contributed by atoms with van der Waals surface area (Å²) in [7, 11) is 1.29. The molecule has 0 spiro atoms. The molecule has 0 bridgehead atoms. The van der Waals surface area contributed by atoms with Gasteiger partial charge in [-0.05, 0) is 24.3 Å². The number of benzene rings is 1. The highest BCUT2D eigenvalue weighted by atomic mass is 19.4. The van der Waals surface area contributed by atoms with Crippen LogP contribution in [0.3, 0.4) is 0 Å². The summed E-state index contributed by atoms with van der Waals surface area (Å²) in [5.74, 6) is -1.84. The minimum absolute atomic E-state index is 0.143. The molecule has 1 rings (SSSR count). The largest absolute Gasteiger partial charge is 0.452 e. The van der Waals surface area contributed by atoms with E-state index >= 15 is 0 Å². The van der Waals surface area contributed by atoms with Crippen LogP contribution in [0.2, 0.25) is 0 Å². The zero-order valence-electron chi connectivity index (χ0n) is 10.8. The van der Waals surface area contributed by atoms with Gasteiger partial charge in [-0.25, -0.2) is 9.59 Å². The van der Waals surface area contributed by atoms with Crippen LogP contribution in [0, 0.1) is 0 Å². The van der Waals surface area contributed by atoms with Crippen LogP contribution in [-0.4, -0.2) is 31.6 Å². The average molecular weight is 304 g/mol. The van der Waals surface area contributed by atoms with Gasteiger partial charge in [-0.2, -0.15) is 13.2 Å². The van der Waals surface area contributed by atoms with Crippen molar-refractivity contribution >= 4 is 17.9 Å². The van der Waals surface area contributed by atoms with Gasteiger partial charge in [-0.15, -0.1) is 0 Å². The summed E-state index contributed by atoms with van der Waals surface area (Å²) in [4.78, 5) is 33.4. The Labute approximate surface area is 117 Å². The number of halogens is 3. The van der Waals surface area contributed by atoms with E-state index in [0.29, 0.717) is 0 Å². The molecule has 0 atom stereocenters. The fourth-order valence-electron chi connectivity index (χ4n) is 1.23. The van der Waals surface area contributed by atoms with Gasteiger partial charge in [0.05, 0.1) is 11.1 Å². The van der Waals surface area contributed by atoms with Crippen molar-refractivity contribution in [3.05, 3.63) is 35.4 Å². The Morgan fingerprint density at radius 2 is 1.71 bits per heavy atom. The van der Waals surface area contributed by atoms with E-state index in [0.717, 1.165) is 24.3 Å². The van der Waals surface area contributed by atoms with Crippen molar-refractivity contribution in [2.45, 2.75) is 6.18 Å². The summed E-state index contributed by atoms with van der Waals surface area (Å²) in [6.45, 7) is -0.729. The molecule has 3 amide bonds. The van der Waals surface area contributed by atoms with Crippen molar-refractivity contribution in [1.82, 2.24) is 10.6 Å². The first-order valence-corrected chi connectivity index (χ1v) is 5.60. The fourth-order valence-corrected chi connectivity index (χ4v) is 1.23. The molecule has 0 aliphatic rings. The first kappa shape index (κ1) is 16.5. The molecular formula is C12H11F3N2O4. The number of carbonyl (C=O) groups is 3. The Hall–Kier alpha value is -2.58. The first-order chi connectivity index (χ1) is 9.74. The van der Waals surface area contributed by atoms with Gasteiger partial charge >= 0.3 is 18.2 Å². The van der Waals surface area contributed by atoms with Gasteiger partial charge in [-0.3, -0.25) is 10.1 Å². The van der Waals surface area contributed by atoms with Gasteiger partial charge in [0.25, 0.3) is 5.91 Å². The molecule has 0 radical (unpaired) electrons. The van der Waals surface area contributed by atoms with Crippen LogP contribution >= 0.6 is 0 Å². The normalized spacial score (nSPS) is 10.7. The maximum Gasteiger partial charge on any atom is 0.416 e. The molecule has 2 N–H and O–H groups in total. The van der Waals surface area contributed by atoms with Crippen LogP contribution < -0.4 is 10.6 Å². The molecule has 9 heteroatoms. The molecule has 0 aliphatic heterocycles. The molecule has 0 aromatic heterocycles. The van der Waals surface area contributed by atoms with Gasteiger partial charge in [0, 0.05) is 7.05 Å². The van der Waals surface area contributed by atoms with Gasteiger partial charge in [0.15, 0.2) is 6.61 Å². The predicted octanol–water partition coefficient (Wildman–Crippen LogP) is 1.32. The number of nitrogens with one attached hydrogen (secondary N) is 2. The van der Waals surface area contributed by atoms with Crippen LogP contribution in [0.4, 0.5) is 18.0 Å². The third-order valence-corrected chi connectivity index (χ3v) is 2.26. The van der Waals surface area contributed by atoms with E-state index in [-0.39, 0.29) is 5.56 Å². The van der Waals surface area contributed by atoms with Crippen LogP contribution in [-0.2, 0) is 15.7 Å². The lowest BCUT2D eigenvalue weighted by atomic mass is 10.1. The maximum atomic E-state index is 12.3. The Kier molecular flexibility index (Phi) is 5.28. The molecule has 21 heavy (non-hydrogen) atoms. The highest BCUT2D eigenvalue weighted by Crippen LogP contribution is 2.29. The van der Waals surface area contributed by atoms with Crippen molar-refractivity contribution in [2.24, 2.45) is 0 Å². The standard InChI is InChI=1S/C12H11F3N2O4/c1-16-11(20)17-9(18)6-21-10(19)7-2-4-8(5-3-7)12(13,14)15/h2-5H,6H2,1H3,(H2,16,17,18,20). The van der Waals surface area contributed by atoms with Crippen LogP contribution in [0.1, 0.15) is 15.9 Å². The topological polar surface area (TPSA) is 84.5 Å². The molecule has 0 unspecified atom stereocenters. The quantitative estimate of drug-likeness (QED) is 0.825. The summed E-state index contributed by atoms with van der Waals surface area (Å²) in [6.07, 6.45) is -4.50. The summed E-state index contributed by atoms with van der Waals surface area (Å²) in [6, 6.07) is 2.54. The Morgan fingerprint density at radius 3 is 2.19 bits per heavy atom. The number of amides is 3. The molecular weight excluding hydrogens is 293 g/mol. The maximum absolute atomic E-state index is 12.3. The van der Waals surface area contributed by atoms with E-state index in [2.05, 4.69) is 10.1 Å². The van der Waals surface area contributed by atoms with E-state index in [1.54, 1.807) is 0 Å². The van der Waals surface area contributed by atoms with Crippen molar-refractivity contribution in [3.8, 4) is 0 Å². The van der Waals surface area contributed by atoms with Gasteiger partial charge in [-0.1, -0.05) is 0 Å². The average Bonchev–Trinajstić information content (AvgIpc) is 2.43. The molecule has 0 heterocycles. The number of alkyl halides is 3. The highest BCUT2D eigenvalue weighted by molar-refractivity contribution is 5.96.